The number of fused-ring (bicyclic) bond motifs is 1. The van der Waals surface area contributed by atoms with Gasteiger partial charge in [0.25, 0.3) is 5.91 Å². The second-order valence-electron chi connectivity index (χ2n) is 6.13. The molecule has 0 bridgehead atoms. The van der Waals surface area contributed by atoms with Crippen molar-refractivity contribution in [3.63, 3.8) is 0 Å². The van der Waals surface area contributed by atoms with E-state index in [0.29, 0.717) is 21.7 Å². The molecule has 27 heavy (non-hydrogen) atoms. The highest BCUT2D eigenvalue weighted by molar-refractivity contribution is 6.38. The Labute approximate surface area is 162 Å². The second kappa shape index (κ2) is 8.04. The van der Waals surface area contributed by atoms with Crippen molar-refractivity contribution in [3.8, 4) is 5.69 Å². The van der Waals surface area contributed by atoms with Crippen molar-refractivity contribution < 1.29 is 14.3 Å². The maximum absolute atomic E-state index is 12.5. The molecule has 0 atom stereocenters. The summed E-state index contributed by atoms with van der Waals surface area (Å²) in [6.45, 7) is 4.06. The average molecular weight is 389 g/mol. The molecule has 2 aromatic heterocycles. The molecule has 0 spiro atoms. The number of nitrogens with zero attached hydrogens (tertiary/aromatic N) is 3. The third-order valence-electron chi connectivity index (χ3n) is 4.29. The van der Waals surface area contributed by atoms with E-state index in [9.17, 15) is 4.79 Å². The van der Waals surface area contributed by atoms with Crippen molar-refractivity contribution in [1.82, 2.24) is 20.1 Å². The van der Waals surface area contributed by atoms with E-state index in [-0.39, 0.29) is 18.0 Å². The van der Waals surface area contributed by atoms with Gasteiger partial charge in [0.1, 0.15) is 0 Å². The van der Waals surface area contributed by atoms with Gasteiger partial charge in [-0.2, -0.15) is 5.10 Å². The molecule has 2 heterocycles. The van der Waals surface area contributed by atoms with Crippen LogP contribution in [0.3, 0.4) is 0 Å². The van der Waals surface area contributed by atoms with Gasteiger partial charge in [0.15, 0.2) is 11.9 Å². The summed E-state index contributed by atoms with van der Waals surface area (Å²) in [6, 6.07) is 7.94. The summed E-state index contributed by atoms with van der Waals surface area (Å²) in [6.07, 6.45) is 0.927. The van der Waals surface area contributed by atoms with E-state index < -0.39 is 6.29 Å². The predicted molar refractivity (Wildman–Crippen MR) is 103 cm³/mol. The van der Waals surface area contributed by atoms with E-state index in [1.165, 1.54) is 20.4 Å². The van der Waals surface area contributed by atoms with Gasteiger partial charge in [-0.05, 0) is 26.0 Å². The van der Waals surface area contributed by atoms with Gasteiger partial charge in [-0.15, -0.1) is 0 Å². The number of aromatic nitrogens is 3. The fraction of sp³-hybridized carbons (Fsp3) is 0.316. The Bertz CT molecular complexity index is 965. The lowest BCUT2D eigenvalue weighted by molar-refractivity contribution is -0.0974. The molecule has 0 aliphatic rings. The number of pyridine rings is 1. The summed E-state index contributed by atoms with van der Waals surface area (Å²) in [5, 5.41) is 8.25. The maximum atomic E-state index is 12.5. The number of nitrogens with one attached hydrogen (secondary N) is 1. The Morgan fingerprint density at radius 2 is 1.89 bits per heavy atom. The molecule has 3 aromatic rings. The zero-order chi connectivity index (χ0) is 19.6. The van der Waals surface area contributed by atoms with Crippen LogP contribution >= 0.6 is 11.6 Å². The molecule has 7 nitrogen and oxygen atoms in total. The zero-order valence-electron chi connectivity index (χ0n) is 15.6. The van der Waals surface area contributed by atoms with Crippen molar-refractivity contribution in [2.75, 3.05) is 20.8 Å². The number of ether oxygens (including phenoxy) is 2. The molecule has 142 valence electrons. The van der Waals surface area contributed by atoms with Crippen molar-refractivity contribution in [1.29, 1.82) is 0 Å². The topological polar surface area (TPSA) is 78.3 Å². The Morgan fingerprint density at radius 1 is 1.22 bits per heavy atom. The van der Waals surface area contributed by atoms with Crippen LogP contribution in [0.2, 0.25) is 5.02 Å². The lowest BCUT2D eigenvalue weighted by Crippen LogP contribution is -2.34. The lowest BCUT2D eigenvalue weighted by Gasteiger charge is -2.14. The summed E-state index contributed by atoms with van der Waals surface area (Å²) in [7, 11) is 3.01. The molecule has 1 aromatic carbocycles. The number of hydrogen-bond acceptors (Lipinski definition) is 5. The van der Waals surface area contributed by atoms with Gasteiger partial charge in [0.05, 0.1) is 33.9 Å². The first kappa shape index (κ1) is 19.3. The molecule has 0 aliphatic heterocycles. The quantitative estimate of drug-likeness (QED) is 0.656. The summed E-state index contributed by atoms with van der Waals surface area (Å²) in [5.41, 5.74) is 3.61. The van der Waals surface area contributed by atoms with Crippen LogP contribution < -0.4 is 5.32 Å². The number of benzene rings is 1. The van der Waals surface area contributed by atoms with Crippen LogP contribution in [-0.2, 0) is 9.47 Å². The first-order valence-electron chi connectivity index (χ1n) is 8.41. The van der Waals surface area contributed by atoms with Gasteiger partial charge < -0.3 is 14.8 Å². The van der Waals surface area contributed by atoms with Crippen molar-refractivity contribution in [2.24, 2.45) is 0 Å². The molecule has 3 rings (SSSR count). The fourth-order valence-electron chi connectivity index (χ4n) is 2.77. The maximum Gasteiger partial charge on any atom is 0.254 e. The van der Waals surface area contributed by atoms with Crippen molar-refractivity contribution in [2.45, 2.75) is 20.1 Å². The van der Waals surface area contributed by atoms with Crippen LogP contribution in [0.5, 0.6) is 0 Å². The number of halogens is 1. The first-order chi connectivity index (χ1) is 13.0. The Morgan fingerprint density at radius 3 is 2.52 bits per heavy atom. The number of carbonyl (C=O) groups excluding carboxylic acids is 1. The minimum Gasteiger partial charge on any atom is -0.354 e. The van der Waals surface area contributed by atoms with Crippen LogP contribution in [0.15, 0.2) is 30.5 Å². The van der Waals surface area contributed by atoms with E-state index in [4.69, 9.17) is 21.1 Å². The summed E-state index contributed by atoms with van der Waals surface area (Å²) < 4.78 is 11.9. The second-order valence-corrected chi connectivity index (χ2v) is 6.51. The van der Waals surface area contributed by atoms with Crippen molar-refractivity contribution >= 4 is 28.5 Å². The third kappa shape index (κ3) is 3.80. The molecule has 0 aliphatic carbocycles. The summed E-state index contributed by atoms with van der Waals surface area (Å²) >= 11 is 6.53. The SMILES string of the molecule is COC(CNC(=O)c1cnc2c(c(C)nn2-c2ccc(C)cc2)c1Cl)OC. The summed E-state index contributed by atoms with van der Waals surface area (Å²) in [4.78, 5) is 16.9. The van der Waals surface area contributed by atoms with Crippen LogP contribution in [0, 0.1) is 13.8 Å². The summed E-state index contributed by atoms with van der Waals surface area (Å²) in [5.74, 6) is -0.351. The molecule has 0 radical (unpaired) electrons. The normalized spacial score (nSPS) is 11.3. The van der Waals surface area contributed by atoms with E-state index in [2.05, 4.69) is 15.4 Å². The standard InChI is InChI=1S/C19H21ClN4O3/c1-11-5-7-13(8-6-11)24-18-16(12(2)23-24)17(20)14(9-21-18)19(25)22-10-15(26-3)27-4/h5-9,15H,10H2,1-4H3,(H,22,25). The van der Waals surface area contributed by atoms with E-state index in [1.54, 1.807) is 4.68 Å². The molecule has 0 saturated heterocycles. The minimum absolute atomic E-state index is 0.196. The van der Waals surface area contributed by atoms with Gasteiger partial charge in [-0.25, -0.2) is 9.67 Å². The van der Waals surface area contributed by atoms with Crippen LogP contribution in [0.25, 0.3) is 16.7 Å². The molecule has 8 heteroatoms. The number of carbonyl (C=O) groups is 1. The highest BCUT2D eigenvalue weighted by atomic mass is 35.5. The van der Waals surface area contributed by atoms with E-state index in [1.807, 2.05) is 38.1 Å². The van der Waals surface area contributed by atoms with Crippen LogP contribution in [0.1, 0.15) is 21.6 Å². The number of aryl methyl sites for hydroxylation is 2. The average Bonchev–Trinajstić information content (AvgIpc) is 3.00. The first-order valence-corrected chi connectivity index (χ1v) is 8.78. The monoisotopic (exact) mass is 388 g/mol. The highest BCUT2D eigenvalue weighted by Gasteiger charge is 2.20. The van der Waals surface area contributed by atoms with Gasteiger partial charge in [0, 0.05) is 20.4 Å². The molecular weight excluding hydrogens is 368 g/mol. The van der Waals surface area contributed by atoms with Gasteiger partial charge in [-0.3, -0.25) is 4.79 Å². The molecule has 1 N–H and O–H groups in total. The fourth-order valence-corrected chi connectivity index (χ4v) is 3.12. The molecular formula is C19H21ClN4O3. The van der Waals surface area contributed by atoms with Gasteiger partial charge >= 0.3 is 0 Å². The Kier molecular flexibility index (Phi) is 5.74. The molecule has 0 unspecified atom stereocenters. The largest absolute Gasteiger partial charge is 0.354 e. The van der Waals surface area contributed by atoms with E-state index in [0.717, 1.165) is 11.3 Å². The van der Waals surface area contributed by atoms with E-state index >= 15 is 0 Å². The molecule has 0 fully saturated rings. The smallest absolute Gasteiger partial charge is 0.254 e. The third-order valence-corrected chi connectivity index (χ3v) is 4.68. The van der Waals surface area contributed by atoms with Crippen molar-refractivity contribution in [3.05, 3.63) is 52.3 Å². The predicted octanol–water partition coefficient (Wildman–Crippen LogP) is 3.04. The minimum atomic E-state index is -0.532. The van der Waals surface area contributed by atoms with Gasteiger partial charge in [0.2, 0.25) is 0 Å². The highest BCUT2D eigenvalue weighted by Crippen LogP contribution is 2.30. The Hall–Kier alpha value is -2.48. The number of methoxy groups -OCH3 is 2. The van der Waals surface area contributed by atoms with Crippen LogP contribution in [0.4, 0.5) is 0 Å². The number of hydrogen-bond donors (Lipinski definition) is 1. The zero-order valence-corrected chi connectivity index (χ0v) is 16.4. The Balaban J connectivity index is 1.97. The van der Waals surface area contributed by atoms with Gasteiger partial charge in [-0.1, -0.05) is 29.3 Å². The molecule has 1 amide bonds. The number of amides is 1. The lowest BCUT2D eigenvalue weighted by atomic mass is 10.2. The van der Waals surface area contributed by atoms with Crippen LogP contribution in [-0.4, -0.2) is 47.7 Å². The molecule has 0 saturated carbocycles. The number of rotatable bonds is 6.